The number of rotatable bonds is 5. The fourth-order valence-corrected chi connectivity index (χ4v) is 3.73. The van der Waals surface area contributed by atoms with E-state index in [1.165, 1.54) is 12.1 Å². The van der Waals surface area contributed by atoms with Gasteiger partial charge in [-0.15, -0.1) is 0 Å². The maximum Gasteiger partial charge on any atom is 0.245 e. The number of carbonyl (C=O) groups is 2. The van der Waals surface area contributed by atoms with Crippen molar-refractivity contribution in [2.75, 3.05) is 6.54 Å². The van der Waals surface area contributed by atoms with Crippen molar-refractivity contribution in [1.29, 1.82) is 0 Å². The zero-order valence-electron chi connectivity index (χ0n) is 15.3. The Morgan fingerprint density at radius 1 is 1.28 bits per heavy atom. The number of amides is 2. The van der Waals surface area contributed by atoms with Gasteiger partial charge >= 0.3 is 0 Å². The van der Waals surface area contributed by atoms with Gasteiger partial charge in [-0.25, -0.2) is 4.39 Å². The van der Waals surface area contributed by atoms with E-state index in [4.69, 9.17) is 11.6 Å². The minimum absolute atomic E-state index is 0.0409. The van der Waals surface area contributed by atoms with Crippen LogP contribution in [0.25, 0.3) is 22.2 Å². The van der Waals surface area contributed by atoms with Gasteiger partial charge in [-0.1, -0.05) is 35.9 Å². The Bertz CT molecular complexity index is 1100. The number of halogens is 2. The van der Waals surface area contributed by atoms with E-state index >= 15 is 0 Å². The molecule has 1 aliphatic heterocycles. The highest BCUT2D eigenvalue weighted by Crippen LogP contribution is 2.32. The Morgan fingerprint density at radius 2 is 2.07 bits per heavy atom. The lowest BCUT2D eigenvalue weighted by Gasteiger charge is -2.14. The van der Waals surface area contributed by atoms with Gasteiger partial charge in [0.1, 0.15) is 18.0 Å². The third-order valence-corrected chi connectivity index (χ3v) is 5.40. The Hall–Kier alpha value is -2.90. The van der Waals surface area contributed by atoms with Crippen molar-refractivity contribution in [2.24, 2.45) is 0 Å². The Kier molecular flexibility index (Phi) is 5.25. The van der Waals surface area contributed by atoms with Gasteiger partial charge in [0.2, 0.25) is 11.8 Å². The molecule has 1 aromatic heterocycles. The van der Waals surface area contributed by atoms with Crippen LogP contribution >= 0.6 is 11.6 Å². The number of nitrogens with one attached hydrogen (secondary N) is 3. The molecule has 1 aliphatic rings. The molecule has 4 N–H and O–H groups in total. The lowest BCUT2D eigenvalue weighted by molar-refractivity contribution is -0.128. The SMILES string of the molecule is O=C(CCc1c(-c2ccc(Cl)c(F)c2)[nH]c2ccccc12)N[C@@H]1C(=O)NC[C@H]1O. The van der Waals surface area contributed by atoms with Crippen molar-refractivity contribution in [1.82, 2.24) is 15.6 Å². The van der Waals surface area contributed by atoms with Gasteiger partial charge in [0.05, 0.1) is 5.02 Å². The number of H-pyrrole nitrogens is 1. The molecule has 0 unspecified atom stereocenters. The summed E-state index contributed by atoms with van der Waals surface area (Å²) in [6.45, 7) is 0.124. The minimum atomic E-state index is -0.938. The Labute approximate surface area is 171 Å². The predicted octanol–water partition coefficient (Wildman–Crippen LogP) is 2.54. The van der Waals surface area contributed by atoms with Gasteiger partial charge in [0, 0.05) is 35.1 Å². The maximum absolute atomic E-state index is 14.0. The molecule has 0 aliphatic carbocycles. The summed E-state index contributed by atoms with van der Waals surface area (Å²) in [7, 11) is 0. The van der Waals surface area contributed by atoms with E-state index in [0.717, 1.165) is 16.5 Å². The van der Waals surface area contributed by atoms with Crippen LogP contribution < -0.4 is 10.6 Å². The standard InChI is InChI=1S/C21H19ClFN3O3/c22-14-7-5-11(9-15(14)23)19-13(12-3-1-2-4-16(12)25-19)6-8-18(28)26-20-17(27)10-24-21(20)29/h1-5,7,9,17,20,25,27H,6,8,10H2,(H,24,29)(H,26,28)/t17-,20+/m1/s1. The van der Waals surface area contributed by atoms with E-state index < -0.39 is 23.9 Å². The molecular weight excluding hydrogens is 397 g/mol. The average Bonchev–Trinajstić information content (AvgIpc) is 3.23. The van der Waals surface area contributed by atoms with Gasteiger partial charge < -0.3 is 20.7 Å². The summed E-state index contributed by atoms with van der Waals surface area (Å²) in [5, 5.41) is 15.8. The van der Waals surface area contributed by atoms with Crippen LogP contribution in [0.1, 0.15) is 12.0 Å². The quantitative estimate of drug-likeness (QED) is 0.516. The number of carbonyl (C=O) groups excluding carboxylic acids is 2. The predicted molar refractivity (Wildman–Crippen MR) is 108 cm³/mol. The normalized spacial score (nSPS) is 18.8. The molecule has 8 heteroatoms. The molecule has 29 heavy (non-hydrogen) atoms. The molecule has 150 valence electrons. The molecule has 1 saturated heterocycles. The van der Waals surface area contributed by atoms with Gasteiger partial charge in [-0.2, -0.15) is 0 Å². The van der Waals surface area contributed by atoms with E-state index in [2.05, 4.69) is 15.6 Å². The van der Waals surface area contributed by atoms with Gasteiger partial charge in [0.15, 0.2) is 0 Å². The largest absolute Gasteiger partial charge is 0.389 e. The monoisotopic (exact) mass is 415 g/mol. The van der Waals surface area contributed by atoms with Crippen LogP contribution in [-0.2, 0) is 16.0 Å². The average molecular weight is 416 g/mol. The van der Waals surface area contributed by atoms with E-state index in [0.29, 0.717) is 17.7 Å². The van der Waals surface area contributed by atoms with Crippen molar-refractivity contribution in [2.45, 2.75) is 25.0 Å². The first-order chi connectivity index (χ1) is 13.9. The molecule has 0 bridgehead atoms. The van der Waals surface area contributed by atoms with Crippen LogP contribution in [0, 0.1) is 5.82 Å². The summed E-state index contributed by atoms with van der Waals surface area (Å²) in [4.78, 5) is 27.4. The van der Waals surface area contributed by atoms with Crippen LogP contribution in [0.15, 0.2) is 42.5 Å². The molecule has 4 rings (SSSR count). The van der Waals surface area contributed by atoms with Crippen LogP contribution in [-0.4, -0.2) is 40.6 Å². The summed E-state index contributed by atoms with van der Waals surface area (Å²) < 4.78 is 14.0. The third kappa shape index (κ3) is 3.83. The van der Waals surface area contributed by atoms with Gasteiger partial charge in [-0.3, -0.25) is 9.59 Å². The minimum Gasteiger partial charge on any atom is -0.389 e. The first-order valence-corrected chi connectivity index (χ1v) is 9.62. The number of aliphatic hydroxyl groups excluding tert-OH is 1. The van der Waals surface area contributed by atoms with Crippen molar-refractivity contribution in [3.8, 4) is 11.3 Å². The van der Waals surface area contributed by atoms with E-state index in [9.17, 15) is 19.1 Å². The number of aliphatic hydroxyl groups is 1. The summed E-state index contributed by atoms with van der Waals surface area (Å²) in [5.41, 5.74) is 3.09. The number of hydrogen-bond acceptors (Lipinski definition) is 3. The maximum atomic E-state index is 14.0. The smallest absolute Gasteiger partial charge is 0.245 e. The van der Waals surface area contributed by atoms with Crippen molar-refractivity contribution >= 4 is 34.3 Å². The molecule has 0 spiro atoms. The number of benzene rings is 2. The second-order valence-corrected chi connectivity index (χ2v) is 7.42. The first kappa shape index (κ1) is 19.4. The summed E-state index contributed by atoms with van der Waals surface area (Å²) in [6.07, 6.45) is -0.450. The van der Waals surface area contributed by atoms with Crippen LogP contribution in [0.3, 0.4) is 0 Å². The van der Waals surface area contributed by atoms with Crippen molar-refractivity contribution in [3.63, 3.8) is 0 Å². The van der Waals surface area contributed by atoms with E-state index in [1.807, 2.05) is 24.3 Å². The number of aryl methyl sites for hydroxylation is 1. The molecule has 2 amide bonds. The molecule has 0 saturated carbocycles. The fraction of sp³-hybridized carbons (Fsp3) is 0.238. The molecule has 2 aromatic carbocycles. The zero-order chi connectivity index (χ0) is 20.5. The molecular formula is C21H19ClFN3O3. The van der Waals surface area contributed by atoms with E-state index in [1.54, 1.807) is 6.07 Å². The van der Waals surface area contributed by atoms with Crippen LogP contribution in [0.4, 0.5) is 4.39 Å². The van der Waals surface area contributed by atoms with Gasteiger partial charge in [0.25, 0.3) is 0 Å². The Balaban J connectivity index is 1.60. The third-order valence-electron chi connectivity index (χ3n) is 5.09. The number of hydrogen-bond donors (Lipinski definition) is 4. The zero-order valence-corrected chi connectivity index (χ0v) is 16.1. The van der Waals surface area contributed by atoms with Crippen LogP contribution in [0.2, 0.25) is 5.02 Å². The summed E-state index contributed by atoms with van der Waals surface area (Å²) in [6, 6.07) is 11.3. The second kappa shape index (κ2) is 7.85. The topological polar surface area (TPSA) is 94.2 Å². The molecule has 3 aromatic rings. The number of fused-ring (bicyclic) bond motifs is 1. The lowest BCUT2D eigenvalue weighted by atomic mass is 10.0. The molecule has 2 heterocycles. The fourth-order valence-electron chi connectivity index (χ4n) is 3.61. The summed E-state index contributed by atoms with van der Waals surface area (Å²) in [5.74, 6) is -1.26. The van der Waals surface area contributed by atoms with Crippen molar-refractivity contribution < 1.29 is 19.1 Å². The van der Waals surface area contributed by atoms with Gasteiger partial charge in [-0.05, 0) is 30.2 Å². The highest BCUT2D eigenvalue weighted by molar-refractivity contribution is 6.30. The van der Waals surface area contributed by atoms with Crippen molar-refractivity contribution in [3.05, 3.63) is 58.9 Å². The number of para-hydroxylation sites is 1. The highest BCUT2D eigenvalue weighted by atomic mass is 35.5. The molecule has 2 atom stereocenters. The highest BCUT2D eigenvalue weighted by Gasteiger charge is 2.34. The first-order valence-electron chi connectivity index (χ1n) is 9.24. The summed E-state index contributed by atoms with van der Waals surface area (Å²) >= 11 is 5.80. The molecule has 0 radical (unpaired) electrons. The number of aromatic amines is 1. The van der Waals surface area contributed by atoms with Crippen LogP contribution in [0.5, 0.6) is 0 Å². The Morgan fingerprint density at radius 3 is 2.79 bits per heavy atom. The number of aromatic nitrogens is 1. The molecule has 1 fully saturated rings. The number of β-amino-alcohol motifs (C(OH)–C–C–N with tert-alkyl or cyclic N) is 1. The second-order valence-electron chi connectivity index (χ2n) is 7.01. The molecule has 6 nitrogen and oxygen atoms in total. The lowest BCUT2D eigenvalue weighted by Crippen LogP contribution is -2.45. The van der Waals surface area contributed by atoms with E-state index in [-0.39, 0.29) is 23.9 Å².